The van der Waals surface area contributed by atoms with Gasteiger partial charge in [0.1, 0.15) is 23.1 Å². The second-order valence-corrected chi connectivity index (χ2v) is 6.60. The predicted octanol–water partition coefficient (Wildman–Crippen LogP) is 2.96. The summed E-state index contributed by atoms with van der Waals surface area (Å²) >= 11 is 0. The van der Waals surface area contributed by atoms with E-state index in [1.165, 1.54) is 0 Å². The van der Waals surface area contributed by atoms with Crippen molar-refractivity contribution in [1.82, 2.24) is 15.0 Å². The molecule has 8 nitrogen and oxygen atoms in total. The van der Waals surface area contributed by atoms with Crippen LogP contribution >= 0.6 is 0 Å². The Morgan fingerprint density at radius 3 is 2.41 bits per heavy atom. The van der Waals surface area contributed by atoms with E-state index in [1.54, 1.807) is 20.4 Å². The molecule has 1 fully saturated rings. The number of piperazine rings is 1. The Morgan fingerprint density at radius 1 is 0.862 bits per heavy atom. The summed E-state index contributed by atoms with van der Waals surface area (Å²) in [5.41, 5.74) is 0.788. The van der Waals surface area contributed by atoms with E-state index in [2.05, 4.69) is 25.1 Å². The lowest BCUT2D eigenvalue weighted by molar-refractivity contribution is 0.405. The van der Waals surface area contributed by atoms with Gasteiger partial charge in [-0.05, 0) is 30.3 Å². The molecule has 1 aliphatic rings. The normalized spacial score (nSPS) is 13.9. The largest absolute Gasteiger partial charge is 0.497 e. The van der Waals surface area contributed by atoms with Gasteiger partial charge in [0.2, 0.25) is 5.95 Å². The van der Waals surface area contributed by atoms with Crippen molar-refractivity contribution in [3.63, 3.8) is 0 Å². The monoisotopic (exact) mass is 392 g/mol. The summed E-state index contributed by atoms with van der Waals surface area (Å²) in [5.74, 6) is 3.88. The molecule has 1 aliphatic heterocycles. The van der Waals surface area contributed by atoms with Crippen LogP contribution in [0.4, 0.5) is 23.3 Å². The fourth-order valence-electron chi connectivity index (χ4n) is 3.30. The standard InChI is InChI=1S/C21H24N6O2/c1-28-16-6-7-18(29-2)17(15-16)24-19-8-10-23-21(25-19)27-13-11-26(12-14-27)20-5-3-4-9-22-20/h3-10,15H,11-14H2,1-2H3,(H,23,24,25). The molecule has 8 heteroatoms. The van der Waals surface area contributed by atoms with Crippen molar-refractivity contribution in [3.05, 3.63) is 54.9 Å². The summed E-state index contributed by atoms with van der Waals surface area (Å²) in [4.78, 5) is 18.1. The SMILES string of the molecule is COc1ccc(OC)c(Nc2ccnc(N3CCN(c4ccccn4)CC3)n2)c1. The third-order valence-corrected chi connectivity index (χ3v) is 4.85. The predicted molar refractivity (Wildman–Crippen MR) is 114 cm³/mol. The van der Waals surface area contributed by atoms with Crippen molar-refractivity contribution in [2.75, 3.05) is 55.5 Å². The number of nitrogens with zero attached hydrogens (tertiary/aromatic N) is 5. The summed E-state index contributed by atoms with van der Waals surface area (Å²) < 4.78 is 10.7. The summed E-state index contributed by atoms with van der Waals surface area (Å²) in [7, 11) is 3.28. The van der Waals surface area contributed by atoms with Crippen molar-refractivity contribution in [1.29, 1.82) is 0 Å². The van der Waals surface area contributed by atoms with E-state index >= 15 is 0 Å². The Bertz CT molecular complexity index is 945. The molecule has 150 valence electrons. The van der Waals surface area contributed by atoms with E-state index in [9.17, 15) is 0 Å². The number of anilines is 4. The minimum absolute atomic E-state index is 0.703. The van der Waals surface area contributed by atoms with Crippen molar-refractivity contribution >= 4 is 23.3 Å². The average molecular weight is 392 g/mol. The summed E-state index contributed by atoms with van der Waals surface area (Å²) in [6, 6.07) is 13.4. The maximum atomic E-state index is 5.43. The van der Waals surface area contributed by atoms with Gasteiger partial charge in [-0.25, -0.2) is 9.97 Å². The van der Waals surface area contributed by atoms with Crippen molar-refractivity contribution in [3.8, 4) is 11.5 Å². The smallest absolute Gasteiger partial charge is 0.227 e. The minimum Gasteiger partial charge on any atom is -0.497 e. The molecule has 0 amide bonds. The molecular formula is C21H24N6O2. The zero-order chi connectivity index (χ0) is 20.1. The molecule has 29 heavy (non-hydrogen) atoms. The van der Waals surface area contributed by atoms with Crippen LogP contribution in [-0.2, 0) is 0 Å². The van der Waals surface area contributed by atoms with Gasteiger partial charge in [0.25, 0.3) is 0 Å². The highest BCUT2D eigenvalue weighted by molar-refractivity contribution is 5.66. The fourth-order valence-corrected chi connectivity index (χ4v) is 3.30. The van der Waals surface area contributed by atoms with Crippen LogP contribution in [0.25, 0.3) is 0 Å². The van der Waals surface area contributed by atoms with Crippen LogP contribution in [-0.4, -0.2) is 55.4 Å². The lowest BCUT2D eigenvalue weighted by Gasteiger charge is -2.35. The molecule has 1 saturated heterocycles. The first-order valence-electron chi connectivity index (χ1n) is 9.50. The van der Waals surface area contributed by atoms with Crippen LogP contribution in [0.3, 0.4) is 0 Å². The molecule has 0 atom stereocenters. The molecule has 2 aromatic heterocycles. The first-order chi connectivity index (χ1) is 14.3. The Balaban J connectivity index is 1.46. The number of pyridine rings is 1. The van der Waals surface area contributed by atoms with E-state index in [0.717, 1.165) is 49.2 Å². The highest BCUT2D eigenvalue weighted by Crippen LogP contribution is 2.31. The lowest BCUT2D eigenvalue weighted by atomic mass is 10.2. The average Bonchev–Trinajstić information content (AvgIpc) is 2.80. The van der Waals surface area contributed by atoms with E-state index < -0.39 is 0 Å². The number of benzene rings is 1. The molecule has 0 unspecified atom stereocenters. The minimum atomic E-state index is 0.703. The van der Waals surface area contributed by atoms with Crippen LogP contribution in [0, 0.1) is 0 Å². The Morgan fingerprint density at radius 2 is 1.69 bits per heavy atom. The molecule has 3 heterocycles. The van der Waals surface area contributed by atoms with Gasteiger partial charge in [0.15, 0.2) is 0 Å². The van der Waals surface area contributed by atoms with Crippen molar-refractivity contribution in [2.45, 2.75) is 0 Å². The number of nitrogens with one attached hydrogen (secondary N) is 1. The molecule has 4 rings (SSSR count). The van der Waals surface area contributed by atoms with Crippen LogP contribution in [0.2, 0.25) is 0 Å². The van der Waals surface area contributed by atoms with Crippen LogP contribution in [0.5, 0.6) is 11.5 Å². The molecule has 0 bridgehead atoms. The molecule has 0 saturated carbocycles. The molecule has 1 aromatic carbocycles. The maximum Gasteiger partial charge on any atom is 0.227 e. The zero-order valence-corrected chi connectivity index (χ0v) is 16.6. The van der Waals surface area contributed by atoms with Crippen molar-refractivity contribution < 1.29 is 9.47 Å². The molecular weight excluding hydrogens is 368 g/mol. The van der Waals surface area contributed by atoms with Crippen LogP contribution in [0.1, 0.15) is 0 Å². The Kier molecular flexibility index (Phi) is 5.60. The lowest BCUT2D eigenvalue weighted by Crippen LogP contribution is -2.47. The molecule has 1 N–H and O–H groups in total. The topological polar surface area (TPSA) is 75.6 Å². The number of hydrogen-bond acceptors (Lipinski definition) is 8. The molecule has 0 spiro atoms. The van der Waals surface area contributed by atoms with Crippen LogP contribution in [0.15, 0.2) is 54.9 Å². The number of ether oxygens (including phenoxy) is 2. The van der Waals surface area contributed by atoms with Gasteiger partial charge in [0.05, 0.1) is 19.9 Å². The van der Waals surface area contributed by atoms with Gasteiger partial charge >= 0.3 is 0 Å². The fraction of sp³-hybridized carbons (Fsp3) is 0.286. The second kappa shape index (κ2) is 8.64. The van der Waals surface area contributed by atoms with Crippen molar-refractivity contribution in [2.24, 2.45) is 0 Å². The number of methoxy groups -OCH3 is 2. The summed E-state index contributed by atoms with van der Waals surface area (Å²) in [6.07, 6.45) is 3.59. The second-order valence-electron chi connectivity index (χ2n) is 6.60. The van der Waals surface area contributed by atoms with Gasteiger partial charge in [-0.15, -0.1) is 0 Å². The molecule has 0 radical (unpaired) electrons. The number of aromatic nitrogens is 3. The zero-order valence-electron chi connectivity index (χ0n) is 16.6. The molecule has 0 aliphatic carbocycles. The van der Waals surface area contributed by atoms with Crippen LogP contribution < -0.4 is 24.6 Å². The quantitative estimate of drug-likeness (QED) is 0.686. The van der Waals surface area contributed by atoms with Gasteiger partial charge in [0, 0.05) is 44.6 Å². The van der Waals surface area contributed by atoms with E-state index in [-0.39, 0.29) is 0 Å². The maximum absolute atomic E-state index is 5.43. The Labute approximate surface area is 170 Å². The van der Waals surface area contributed by atoms with Gasteiger partial charge in [-0.3, -0.25) is 0 Å². The summed E-state index contributed by atoms with van der Waals surface area (Å²) in [5, 5.41) is 3.31. The Hall–Kier alpha value is -3.55. The third-order valence-electron chi connectivity index (χ3n) is 4.85. The highest BCUT2D eigenvalue weighted by atomic mass is 16.5. The first kappa shape index (κ1) is 18.8. The first-order valence-corrected chi connectivity index (χ1v) is 9.50. The van der Waals surface area contributed by atoms with E-state index in [4.69, 9.17) is 14.5 Å². The number of rotatable bonds is 6. The van der Waals surface area contributed by atoms with Gasteiger partial charge in [-0.1, -0.05) is 6.07 Å². The van der Waals surface area contributed by atoms with Gasteiger partial charge in [-0.2, -0.15) is 4.98 Å². The third kappa shape index (κ3) is 4.31. The van der Waals surface area contributed by atoms with E-state index in [0.29, 0.717) is 11.8 Å². The molecule has 3 aromatic rings. The number of hydrogen-bond donors (Lipinski definition) is 1. The van der Waals surface area contributed by atoms with Gasteiger partial charge < -0.3 is 24.6 Å². The van der Waals surface area contributed by atoms with E-state index in [1.807, 2.05) is 48.7 Å². The summed E-state index contributed by atoms with van der Waals surface area (Å²) in [6.45, 7) is 3.43. The highest BCUT2D eigenvalue weighted by Gasteiger charge is 2.20.